The van der Waals surface area contributed by atoms with Gasteiger partial charge in [-0.1, -0.05) is 35.5 Å². The van der Waals surface area contributed by atoms with Gasteiger partial charge >= 0.3 is 0 Å². The third-order valence-corrected chi connectivity index (χ3v) is 4.62. The lowest BCUT2D eigenvalue weighted by molar-refractivity contribution is 0.0664. The van der Waals surface area contributed by atoms with E-state index < -0.39 is 0 Å². The molecule has 3 heterocycles. The highest BCUT2D eigenvalue weighted by Gasteiger charge is 2.28. The molecule has 7 heteroatoms. The predicted molar refractivity (Wildman–Crippen MR) is 94.7 cm³/mol. The van der Waals surface area contributed by atoms with Crippen molar-refractivity contribution in [1.82, 2.24) is 20.0 Å². The number of aromatic nitrogens is 3. The predicted octanol–water partition coefficient (Wildman–Crippen LogP) is 2.44. The molecule has 1 atom stereocenters. The molecule has 0 spiro atoms. The van der Waals surface area contributed by atoms with Gasteiger partial charge in [0.2, 0.25) is 5.76 Å². The van der Waals surface area contributed by atoms with E-state index in [4.69, 9.17) is 4.52 Å². The van der Waals surface area contributed by atoms with Crippen LogP contribution in [0.2, 0.25) is 0 Å². The van der Waals surface area contributed by atoms with Crippen molar-refractivity contribution < 1.29 is 9.32 Å². The maximum Gasteiger partial charge on any atom is 0.292 e. The van der Waals surface area contributed by atoms with Crippen LogP contribution in [0, 0.1) is 0 Å². The molecule has 7 nitrogen and oxygen atoms in total. The number of carbonyl (C=O) groups is 1. The van der Waals surface area contributed by atoms with Crippen LogP contribution in [0.5, 0.6) is 0 Å². The van der Waals surface area contributed by atoms with Gasteiger partial charge < -0.3 is 14.4 Å². The minimum atomic E-state index is -0.186. The van der Waals surface area contributed by atoms with E-state index in [1.165, 1.54) is 12.4 Å². The summed E-state index contributed by atoms with van der Waals surface area (Å²) in [5.41, 5.74) is 2.08. The highest BCUT2D eigenvalue weighted by molar-refractivity contribution is 5.92. The number of hydrogen-bond acceptors (Lipinski definition) is 5. The second-order valence-corrected chi connectivity index (χ2v) is 6.37. The van der Waals surface area contributed by atoms with Crippen molar-refractivity contribution in [2.24, 2.45) is 0 Å². The van der Waals surface area contributed by atoms with Gasteiger partial charge in [-0.15, -0.1) is 0 Å². The molecule has 0 aliphatic carbocycles. The first kappa shape index (κ1) is 16.3. The summed E-state index contributed by atoms with van der Waals surface area (Å²) in [6.07, 6.45) is 3.15. The number of benzene rings is 1. The van der Waals surface area contributed by atoms with E-state index >= 15 is 0 Å². The van der Waals surface area contributed by atoms with Crippen molar-refractivity contribution >= 4 is 5.91 Å². The minimum Gasteiger partial charge on any atom is -0.350 e. The Labute approximate surface area is 149 Å². The van der Waals surface area contributed by atoms with Gasteiger partial charge in [0.15, 0.2) is 0 Å². The summed E-state index contributed by atoms with van der Waals surface area (Å²) in [6, 6.07) is 12.8. The Hall–Kier alpha value is -3.22. The van der Waals surface area contributed by atoms with E-state index in [1.807, 2.05) is 30.3 Å². The molecule has 0 bridgehead atoms. The van der Waals surface area contributed by atoms with E-state index in [9.17, 15) is 9.59 Å². The van der Waals surface area contributed by atoms with E-state index in [2.05, 4.69) is 15.1 Å². The average Bonchev–Trinajstić information content (AvgIpc) is 3.18. The molecule has 0 radical (unpaired) electrons. The van der Waals surface area contributed by atoms with Crippen molar-refractivity contribution in [2.75, 3.05) is 13.1 Å². The van der Waals surface area contributed by atoms with Gasteiger partial charge in [-0.05, 0) is 12.8 Å². The number of H-pyrrole nitrogens is 1. The van der Waals surface area contributed by atoms with Gasteiger partial charge in [0, 0.05) is 36.7 Å². The number of aromatic amines is 1. The van der Waals surface area contributed by atoms with Gasteiger partial charge in [-0.3, -0.25) is 9.59 Å². The number of nitrogens with one attached hydrogen (secondary N) is 1. The fraction of sp³-hybridized carbons (Fsp3) is 0.263. The molecule has 1 aromatic carbocycles. The first-order valence-corrected chi connectivity index (χ1v) is 8.57. The minimum absolute atomic E-state index is 0.0477. The fourth-order valence-corrected chi connectivity index (χ4v) is 3.29. The molecule has 1 fully saturated rings. The molecular formula is C19H18N4O3. The Morgan fingerprint density at radius 3 is 2.88 bits per heavy atom. The Morgan fingerprint density at radius 1 is 1.23 bits per heavy atom. The highest BCUT2D eigenvalue weighted by atomic mass is 16.5. The van der Waals surface area contributed by atoms with E-state index in [-0.39, 0.29) is 23.1 Å². The van der Waals surface area contributed by atoms with Crippen LogP contribution in [0.25, 0.3) is 11.3 Å². The molecule has 132 valence electrons. The Bertz CT molecular complexity index is 964. The molecule has 26 heavy (non-hydrogen) atoms. The molecule has 2 aromatic heterocycles. The molecular weight excluding hydrogens is 332 g/mol. The first-order valence-electron chi connectivity index (χ1n) is 8.57. The number of carbonyl (C=O) groups excluding carboxylic acids is 1. The second kappa shape index (κ2) is 6.95. The second-order valence-electron chi connectivity index (χ2n) is 6.37. The van der Waals surface area contributed by atoms with Gasteiger partial charge in [-0.2, -0.15) is 0 Å². The van der Waals surface area contributed by atoms with Gasteiger partial charge in [0.25, 0.3) is 11.5 Å². The molecule has 1 N–H and O–H groups in total. The first-order chi connectivity index (χ1) is 12.7. The van der Waals surface area contributed by atoms with Crippen molar-refractivity contribution in [3.05, 3.63) is 70.6 Å². The van der Waals surface area contributed by atoms with Gasteiger partial charge in [0.05, 0.1) is 12.0 Å². The lowest BCUT2D eigenvalue weighted by atomic mass is 9.94. The number of piperidine rings is 1. The van der Waals surface area contributed by atoms with Crippen molar-refractivity contribution in [2.45, 2.75) is 18.8 Å². The maximum atomic E-state index is 12.8. The fourth-order valence-electron chi connectivity index (χ4n) is 3.29. The maximum absolute atomic E-state index is 12.8. The summed E-state index contributed by atoms with van der Waals surface area (Å²) < 4.78 is 5.28. The molecule has 1 aliphatic heterocycles. The van der Waals surface area contributed by atoms with E-state index in [0.717, 1.165) is 18.4 Å². The summed E-state index contributed by atoms with van der Waals surface area (Å²) in [5, 5.41) is 4.01. The normalized spacial score (nSPS) is 17.2. The topological polar surface area (TPSA) is 92.1 Å². The molecule has 1 aliphatic rings. The lowest BCUT2D eigenvalue weighted by Gasteiger charge is -2.31. The summed E-state index contributed by atoms with van der Waals surface area (Å²) in [6.45, 7) is 1.16. The van der Waals surface area contributed by atoms with Crippen LogP contribution in [-0.4, -0.2) is 39.0 Å². The van der Waals surface area contributed by atoms with Gasteiger partial charge in [0.1, 0.15) is 5.69 Å². The third-order valence-electron chi connectivity index (χ3n) is 4.62. The molecule has 3 aromatic rings. The number of hydrogen-bond donors (Lipinski definition) is 1. The Balaban J connectivity index is 1.51. The van der Waals surface area contributed by atoms with Crippen LogP contribution in [0.3, 0.4) is 0 Å². The van der Waals surface area contributed by atoms with Crippen LogP contribution in [0.4, 0.5) is 0 Å². The van der Waals surface area contributed by atoms with Crippen molar-refractivity contribution in [3.63, 3.8) is 0 Å². The monoisotopic (exact) mass is 350 g/mol. The van der Waals surface area contributed by atoms with Crippen molar-refractivity contribution in [1.29, 1.82) is 0 Å². The van der Waals surface area contributed by atoms with Crippen LogP contribution < -0.4 is 5.56 Å². The third kappa shape index (κ3) is 3.28. The highest BCUT2D eigenvalue weighted by Crippen LogP contribution is 2.26. The zero-order chi connectivity index (χ0) is 17.9. The van der Waals surface area contributed by atoms with E-state index in [0.29, 0.717) is 24.5 Å². The average molecular weight is 350 g/mol. The summed E-state index contributed by atoms with van der Waals surface area (Å²) in [5.74, 6) is 0.0871. The SMILES string of the molecule is O=C(c1cc(-c2ccccc2)no1)N1CCC[C@@H](c2cc(=O)[nH]cn2)C1. The lowest BCUT2D eigenvalue weighted by Crippen LogP contribution is -2.39. The number of likely N-dealkylation sites (tertiary alicyclic amines) is 1. The van der Waals surface area contributed by atoms with Gasteiger partial charge in [-0.25, -0.2) is 4.98 Å². The molecule has 1 saturated heterocycles. The number of rotatable bonds is 3. The molecule has 0 unspecified atom stereocenters. The largest absolute Gasteiger partial charge is 0.350 e. The number of amides is 1. The zero-order valence-electron chi connectivity index (χ0n) is 14.1. The molecule has 1 amide bonds. The smallest absolute Gasteiger partial charge is 0.292 e. The quantitative estimate of drug-likeness (QED) is 0.783. The Kier molecular flexibility index (Phi) is 4.35. The molecule has 4 rings (SSSR count). The summed E-state index contributed by atoms with van der Waals surface area (Å²) in [4.78, 5) is 32.8. The summed E-state index contributed by atoms with van der Waals surface area (Å²) >= 11 is 0. The zero-order valence-corrected chi connectivity index (χ0v) is 14.1. The van der Waals surface area contributed by atoms with Crippen molar-refractivity contribution in [3.8, 4) is 11.3 Å². The van der Waals surface area contributed by atoms with E-state index in [1.54, 1.807) is 11.0 Å². The summed E-state index contributed by atoms with van der Waals surface area (Å²) in [7, 11) is 0. The van der Waals surface area contributed by atoms with Crippen LogP contribution in [0.1, 0.15) is 35.0 Å². The van der Waals surface area contributed by atoms with Crippen LogP contribution in [-0.2, 0) is 0 Å². The van der Waals surface area contributed by atoms with Crippen LogP contribution in [0.15, 0.2) is 58.1 Å². The van der Waals surface area contributed by atoms with Crippen LogP contribution >= 0.6 is 0 Å². The number of nitrogens with zero attached hydrogens (tertiary/aromatic N) is 3. The standard InChI is InChI=1S/C19H18N4O3/c24-18-10-15(20-12-21-18)14-7-4-8-23(11-14)19(25)17-9-16(22-26-17)13-5-2-1-3-6-13/h1-3,5-6,9-10,12,14H,4,7-8,11H2,(H,20,21,24)/t14-/m1/s1. The molecule has 0 saturated carbocycles. The Morgan fingerprint density at radius 2 is 2.08 bits per heavy atom.